The Morgan fingerprint density at radius 1 is 1.56 bits per heavy atom. The van der Waals surface area contributed by atoms with E-state index in [2.05, 4.69) is 5.32 Å². The molecule has 92 valence electrons. The lowest BCUT2D eigenvalue weighted by atomic mass is 10.1. The third-order valence-corrected chi connectivity index (χ3v) is 2.88. The van der Waals surface area contributed by atoms with Crippen LogP contribution in [0.1, 0.15) is 22.3 Å². The molecule has 0 fully saturated rings. The first-order chi connectivity index (χ1) is 8.61. The van der Waals surface area contributed by atoms with Crippen LogP contribution < -0.4 is 5.32 Å². The van der Waals surface area contributed by atoms with Crippen LogP contribution in [0.5, 0.6) is 0 Å². The Hall–Kier alpha value is -2.35. The molecule has 2 rings (SSSR count). The molecule has 1 aliphatic heterocycles. The second kappa shape index (κ2) is 4.88. The summed E-state index contributed by atoms with van der Waals surface area (Å²) < 4.78 is 0. The number of amides is 2. The maximum Gasteiger partial charge on any atom is 0.253 e. The maximum absolute atomic E-state index is 12.0. The van der Waals surface area contributed by atoms with Gasteiger partial charge in [0.15, 0.2) is 0 Å². The highest BCUT2D eigenvalue weighted by atomic mass is 16.2. The summed E-state index contributed by atoms with van der Waals surface area (Å²) in [6, 6.07) is 7.17. The van der Waals surface area contributed by atoms with E-state index in [0.29, 0.717) is 24.9 Å². The van der Waals surface area contributed by atoms with Crippen LogP contribution in [-0.4, -0.2) is 30.3 Å². The van der Waals surface area contributed by atoms with E-state index in [1.807, 2.05) is 6.07 Å². The summed E-state index contributed by atoms with van der Waals surface area (Å²) in [5.41, 5.74) is 2.17. The van der Waals surface area contributed by atoms with Crippen molar-refractivity contribution in [1.29, 1.82) is 5.26 Å². The van der Waals surface area contributed by atoms with Crippen molar-refractivity contribution in [3.63, 3.8) is 0 Å². The normalized spacial score (nSPS) is 12.6. The summed E-state index contributed by atoms with van der Waals surface area (Å²) in [7, 11) is 1.66. The molecule has 5 heteroatoms. The average molecular weight is 243 g/mol. The fraction of sp³-hybridized carbons (Fsp3) is 0.308. The second-order valence-corrected chi connectivity index (χ2v) is 4.23. The molecule has 0 atom stereocenters. The predicted molar refractivity (Wildman–Crippen MR) is 66.0 cm³/mol. The van der Waals surface area contributed by atoms with Crippen molar-refractivity contribution in [2.75, 3.05) is 18.9 Å². The number of carbonyl (C=O) groups is 2. The van der Waals surface area contributed by atoms with Gasteiger partial charge in [-0.25, -0.2) is 0 Å². The van der Waals surface area contributed by atoms with Gasteiger partial charge < -0.3 is 10.2 Å². The van der Waals surface area contributed by atoms with E-state index >= 15 is 0 Å². The molecule has 0 unspecified atom stereocenters. The van der Waals surface area contributed by atoms with Gasteiger partial charge in [0.2, 0.25) is 5.91 Å². The summed E-state index contributed by atoms with van der Waals surface area (Å²) >= 11 is 0. The van der Waals surface area contributed by atoms with Crippen molar-refractivity contribution in [3.8, 4) is 6.07 Å². The number of benzene rings is 1. The largest absolute Gasteiger partial charge is 0.341 e. The van der Waals surface area contributed by atoms with E-state index in [1.54, 1.807) is 25.2 Å². The molecule has 0 aromatic heterocycles. The summed E-state index contributed by atoms with van der Waals surface area (Å²) in [6.07, 6.45) is 0.631. The maximum atomic E-state index is 12.0. The highest BCUT2D eigenvalue weighted by Gasteiger charge is 2.20. The molecule has 1 heterocycles. The molecule has 1 N–H and O–H groups in total. The number of hydrogen-bond acceptors (Lipinski definition) is 3. The first-order valence-electron chi connectivity index (χ1n) is 5.67. The Bertz CT molecular complexity index is 546. The molecule has 18 heavy (non-hydrogen) atoms. The number of nitrogens with zero attached hydrogens (tertiary/aromatic N) is 2. The van der Waals surface area contributed by atoms with Gasteiger partial charge in [-0.1, -0.05) is 0 Å². The number of rotatable bonds is 3. The fourth-order valence-electron chi connectivity index (χ4n) is 1.90. The molecule has 2 amide bonds. The smallest absolute Gasteiger partial charge is 0.253 e. The van der Waals surface area contributed by atoms with Crippen LogP contribution in [0.25, 0.3) is 0 Å². The number of nitriles is 1. The molecule has 0 bridgehead atoms. The van der Waals surface area contributed by atoms with Crippen molar-refractivity contribution in [3.05, 3.63) is 29.3 Å². The number of anilines is 1. The Balaban J connectivity index is 2.15. The van der Waals surface area contributed by atoms with Gasteiger partial charge in [0.05, 0.1) is 18.9 Å². The standard InChI is InChI=1S/C13H13N3O2/c1-16(6-2-5-14)13(18)9-3-4-11-10(7-9)8-12(17)15-11/h3-4,7H,2,6,8H2,1H3,(H,15,17). The molecule has 0 saturated heterocycles. The lowest BCUT2D eigenvalue weighted by Gasteiger charge is -2.15. The van der Waals surface area contributed by atoms with Crippen molar-refractivity contribution in [2.24, 2.45) is 0 Å². The zero-order chi connectivity index (χ0) is 13.1. The van der Waals surface area contributed by atoms with Gasteiger partial charge in [-0.3, -0.25) is 9.59 Å². The zero-order valence-corrected chi connectivity index (χ0v) is 10.1. The molecular weight excluding hydrogens is 230 g/mol. The van der Waals surface area contributed by atoms with E-state index in [4.69, 9.17) is 5.26 Å². The van der Waals surface area contributed by atoms with Gasteiger partial charge in [0, 0.05) is 24.8 Å². The molecule has 1 aromatic carbocycles. The van der Waals surface area contributed by atoms with E-state index in [9.17, 15) is 9.59 Å². The topological polar surface area (TPSA) is 73.2 Å². The van der Waals surface area contributed by atoms with Gasteiger partial charge in [0.25, 0.3) is 5.91 Å². The van der Waals surface area contributed by atoms with Crippen LogP contribution in [0.15, 0.2) is 18.2 Å². The van der Waals surface area contributed by atoms with Crippen LogP contribution in [0, 0.1) is 11.3 Å². The lowest BCUT2D eigenvalue weighted by molar-refractivity contribution is -0.115. The van der Waals surface area contributed by atoms with Crippen LogP contribution >= 0.6 is 0 Å². The molecular formula is C13H13N3O2. The van der Waals surface area contributed by atoms with Gasteiger partial charge in [0.1, 0.15) is 0 Å². The zero-order valence-electron chi connectivity index (χ0n) is 10.1. The molecule has 1 aliphatic rings. The third-order valence-electron chi connectivity index (χ3n) is 2.88. The highest BCUT2D eigenvalue weighted by Crippen LogP contribution is 2.24. The summed E-state index contributed by atoms with van der Waals surface area (Å²) in [5.74, 6) is -0.181. The van der Waals surface area contributed by atoms with Crippen molar-refractivity contribution in [1.82, 2.24) is 4.90 Å². The fourth-order valence-corrected chi connectivity index (χ4v) is 1.90. The number of carbonyl (C=O) groups excluding carboxylic acids is 2. The van der Waals surface area contributed by atoms with Crippen LogP contribution in [0.2, 0.25) is 0 Å². The van der Waals surface area contributed by atoms with Gasteiger partial charge in [-0.2, -0.15) is 5.26 Å². The molecule has 0 aliphatic carbocycles. The Morgan fingerprint density at radius 2 is 2.33 bits per heavy atom. The summed E-state index contributed by atoms with van der Waals surface area (Å²) in [6.45, 7) is 0.406. The molecule has 0 saturated carbocycles. The first-order valence-corrected chi connectivity index (χ1v) is 5.67. The van der Waals surface area contributed by atoms with Gasteiger partial charge >= 0.3 is 0 Å². The number of nitrogens with one attached hydrogen (secondary N) is 1. The Morgan fingerprint density at radius 3 is 3.06 bits per heavy atom. The summed E-state index contributed by atoms with van der Waals surface area (Å²) in [4.78, 5) is 24.8. The molecule has 0 spiro atoms. The minimum atomic E-state index is -0.132. The third kappa shape index (κ3) is 2.33. The number of hydrogen-bond donors (Lipinski definition) is 1. The Kier molecular flexibility index (Phi) is 3.28. The first kappa shape index (κ1) is 12.1. The van der Waals surface area contributed by atoms with Gasteiger partial charge in [-0.05, 0) is 23.8 Å². The quantitative estimate of drug-likeness (QED) is 0.866. The highest BCUT2D eigenvalue weighted by molar-refractivity contribution is 6.01. The van der Waals surface area contributed by atoms with Crippen molar-refractivity contribution < 1.29 is 9.59 Å². The van der Waals surface area contributed by atoms with Crippen LogP contribution in [-0.2, 0) is 11.2 Å². The average Bonchev–Trinajstić information content (AvgIpc) is 2.73. The van der Waals surface area contributed by atoms with E-state index in [0.717, 1.165) is 11.3 Å². The monoisotopic (exact) mass is 243 g/mol. The van der Waals surface area contributed by atoms with Crippen LogP contribution in [0.4, 0.5) is 5.69 Å². The minimum Gasteiger partial charge on any atom is -0.341 e. The Labute approximate surface area is 105 Å². The van der Waals surface area contributed by atoms with Crippen LogP contribution in [0.3, 0.4) is 0 Å². The minimum absolute atomic E-state index is 0.0487. The van der Waals surface area contributed by atoms with E-state index < -0.39 is 0 Å². The molecule has 1 aromatic rings. The van der Waals surface area contributed by atoms with Crippen molar-refractivity contribution >= 4 is 17.5 Å². The number of fused-ring (bicyclic) bond motifs is 1. The van der Waals surface area contributed by atoms with E-state index in [1.165, 1.54) is 4.90 Å². The second-order valence-electron chi connectivity index (χ2n) is 4.23. The SMILES string of the molecule is CN(CCC#N)C(=O)c1ccc2c(c1)CC(=O)N2. The molecule has 5 nitrogen and oxygen atoms in total. The van der Waals surface area contributed by atoms with Gasteiger partial charge in [-0.15, -0.1) is 0 Å². The predicted octanol–water partition coefficient (Wildman–Crippen LogP) is 1.17. The lowest BCUT2D eigenvalue weighted by Crippen LogP contribution is -2.27. The summed E-state index contributed by atoms with van der Waals surface area (Å²) in [5, 5.41) is 11.2. The van der Waals surface area contributed by atoms with Crippen molar-refractivity contribution in [2.45, 2.75) is 12.8 Å². The van der Waals surface area contributed by atoms with E-state index in [-0.39, 0.29) is 11.8 Å². The molecule has 0 radical (unpaired) electrons.